The van der Waals surface area contributed by atoms with Gasteiger partial charge in [0.2, 0.25) is 0 Å². The number of nitrogens with two attached hydrogens (primary N) is 2. The van der Waals surface area contributed by atoms with E-state index in [1.807, 2.05) is 22.9 Å². The lowest BCUT2D eigenvalue weighted by molar-refractivity contribution is 0.100. The van der Waals surface area contributed by atoms with Crippen molar-refractivity contribution in [2.75, 3.05) is 24.4 Å². The van der Waals surface area contributed by atoms with Gasteiger partial charge in [-0.05, 0) is 37.1 Å². The van der Waals surface area contributed by atoms with E-state index in [0.29, 0.717) is 18.8 Å². The number of anilines is 3. The Hall–Kier alpha value is -3.24. The zero-order chi connectivity index (χ0) is 22.7. The van der Waals surface area contributed by atoms with Crippen LogP contribution in [-0.2, 0) is 11.3 Å². The van der Waals surface area contributed by atoms with Crippen molar-refractivity contribution in [1.29, 1.82) is 0 Å². The van der Waals surface area contributed by atoms with Crippen LogP contribution in [0.4, 0.5) is 21.7 Å². The van der Waals surface area contributed by atoms with Gasteiger partial charge in [-0.25, -0.2) is 9.37 Å². The number of rotatable bonds is 8. The van der Waals surface area contributed by atoms with Gasteiger partial charge in [0.25, 0.3) is 5.91 Å². The number of hydrogen-bond acceptors (Lipinski definition) is 7. The molecule has 10 heteroatoms. The second-order valence-electron chi connectivity index (χ2n) is 8.04. The molecule has 2 aromatic heterocycles. The number of benzene rings is 1. The van der Waals surface area contributed by atoms with E-state index in [4.69, 9.17) is 16.2 Å². The number of hydrogen-bond donors (Lipinski definition) is 4. The van der Waals surface area contributed by atoms with E-state index in [2.05, 4.69) is 20.7 Å². The Morgan fingerprint density at radius 3 is 2.84 bits per heavy atom. The minimum Gasteiger partial charge on any atom is -0.383 e. The molecule has 1 aliphatic carbocycles. The van der Waals surface area contributed by atoms with Crippen LogP contribution in [-0.4, -0.2) is 46.5 Å². The lowest BCUT2D eigenvalue weighted by Crippen LogP contribution is -2.43. The number of amides is 1. The van der Waals surface area contributed by atoms with Gasteiger partial charge in [-0.2, -0.15) is 5.10 Å². The first-order valence-corrected chi connectivity index (χ1v) is 10.7. The maximum Gasteiger partial charge on any atom is 0.252 e. The highest BCUT2D eigenvalue weighted by Gasteiger charge is 2.24. The lowest BCUT2D eigenvalue weighted by atomic mass is 9.91. The third-order valence-electron chi connectivity index (χ3n) is 5.79. The monoisotopic (exact) mass is 441 g/mol. The molecule has 6 N–H and O–H groups in total. The molecule has 0 saturated heterocycles. The molecular weight excluding hydrogens is 413 g/mol. The molecular formula is C22H28FN7O2. The van der Waals surface area contributed by atoms with Crippen LogP contribution in [0.15, 0.2) is 30.5 Å². The highest BCUT2D eigenvalue weighted by Crippen LogP contribution is 2.28. The van der Waals surface area contributed by atoms with Gasteiger partial charge in [0, 0.05) is 30.3 Å². The molecule has 1 fully saturated rings. The maximum atomic E-state index is 14.7. The van der Waals surface area contributed by atoms with E-state index in [1.54, 1.807) is 13.3 Å². The molecule has 0 unspecified atom stereocenters. The van der Waals surface area contributed by atoms with E-state index in [9.17, 15) is 9.18 Å². The number of pyridine rings is 1. The van der Waals surface area contributed by atoms with E-state index >= 15 is 0 Å². The average Bonchev–Trinajstić information content (AvgIpc) is 3.17. The topological polar surface area (TPSA) is 133 Å². The van der Waals surface area contributed by atoms with Crippen LogP contribution >= 0.6 is 0 Å². The molecule has 3 aromatic rings. The van der Waals surface area contributed by atoms with Crippen LogP contribution in [0.3, 0.4) is 0 Å². The minimum absolute atomic E-state index is 0.0307. The van der Waals surface area contributed by atoms with Gasteiger partial charge < -0.3 is 26.8 Å². The average molecular weight is 442 g/mol. The Bertz CT molecular complexity index is 1120. The maximum absolute atomic E-state index is 14.7. The summed E-state index contributed by atoms with van der Waals surface area (Å²) >= 11 is 0. The highest BCUT2D eigenvalue weighted by molar-refractivity contribution is 5.99. The molecule has 170 valence electrons. The predicted octanol–water partition coefficient (Wildman–Crippen LogP) is 2.74. The van der Waals surface area contributed by atoms with Crippen molar-refractivity contribution in [2.45, 2.75) is 44.3 Å². The summed E-state index contributed by atoms with van der Waals surface area (Å²) in [7, 11) is 1.64. The summed E-state index contributed by atoms with van der Waals surface area (Å²) in [6, 6.07) is 6.59. The van der Waals surface area contributed by atoms with Crippen LogP contribution in [0.1, 0.15) is 36.0 Å². The fourth-order valence-electron chi connectivity index (χ4n) is 4.05. The summed E-state index contributed by atoms with van der Waals surface area (Å²) in [6.07, 6.45) is 5.55. The number of aromatic nitrogens is 3. The fraction of sp³-hybridized carbons (Fsp3) is 0.409. The van der Waals surface area contributed by atoms with Gasteiger partial charge in [0.1, 0.15) is 5.82 Å². The van der Waals surface area contributed by atoms with Gasteiger partial charge in [0.15, 0.2) is 11.6 Å². The molecule has 0 bridgehead atoms. The van der Waals surface area contributed by atoms with Crippen molar-refractivity contribution >= 4 is 34.1 Å². The Morgan fingerprint density at radius 1 is 1.28 bits per heavy atom. The van der Waals surface area contributed by atoms with Gasteiger partial charge in [-0.3, -0.25) is 9.48 Å². The van der Waals surface area contributed by atoms with Crippen molar-refractivity contribution < 1.29 is 13.9 Å². The smallest absolute Gasteiger partial charge is 0.252 e. The number of fused-ring (bicyclic) bond motifs is 1. The van der Waals surface area contributed by atoms with Gasteiger partial charge in [-0.1, -0.05) is 12.8 Å². The Kier molecular flexibility index (Phi) is 6.52. The molecule has 0 aliphatic heterocycles. The Balaban J connectivity index is 1.62. The van der Waals surface area contributed by atoms with Crippen LogP contribution < -0.4 is 22.1 Å². The fourth-order valence-corrected chi connectivity index (χ4v) is 4.05. The molecule has 1 amide bonds. The van der Waals surface area contributed by atoms with Crippen molar-refractivity contribution in [1.82, 2.24) is 14.8 Å². The van der Waals surface area contributed by atoms with Crippen molar-refractivity contribution in [2.24, 2.45) is 11.5 Å². The molecule has 2 atom stereocenters. The number of primary amides is 1. The highest BCUT2D eigenvalue weighted by atomic mass is 19.1. The molecule has 1 saturated carbocycles. The van der Waals surface area contributed by atoms with Gasteiger partial charge in [0.05, 0.1) is 30.4 Å². The predicted molar refractivity (Wildman–Crippen MR) is 121 cm³/mol. The summed E-state index contributed by atoms with van der Waals surface area (Å²) in [4.78, 5) is 16.3. The standard InChI is InChI=1S/C22H28FN7O2/c1-32-9-8-30-19-7-6-14(10-13(19)12-26-30)27-21-15(20(25)31)11-16(23)22(29-21)28-18-5-3-2-4-17(18)24/h6-7,10-12,17-18H,2-5,8-9,24H2,1H3,(H2,25,31)(H2,27,28,29)/t17-,18+/m0/s1. The molecule has 2 heterocycles. The van der Waals surface area contributed by atoms with E-state index < -0.39 is 11.7 Å². The van der Waals surface area contributed by atoms with Crippen LogP contribution in [0, 0.1) is 5.82 Å². The molecule has 0 spiro atoms. The first-order valence-electron chi connectivity index (χ1n) is 10.7. The number of methoxy groups -OCH3 is 1. The zero-order valence-corrected chi connectivity index (χ0v) is 18.0. The van der Waals surface area contributed by atoms with Crippen molar-refractivity contribution in [3.63, 3.8) is 0 Å². The van der Waals surface area contributed by atoms with Crippen LogP contribution in [0.5, 0.6) is 0 Å². The number of ether oxygens (including phenoxy) is 1. The zero-order valence-electron chi connectivity index (χ0n) is 18.0. The lowest BCUT2D eigenvalue weighted by Gasteiger charge is -2.30. The normalized spacial score (nSPS) is 18.6. The minimum atomic E-state index is -0.770. The summed E-state index contributed by atoms with van der Waals surface area (Å²) in [5, 5.41) is 11.5. The summed E-state index contributed by atoms with van der Waals surface area (Å²) in [5.74, 6) is -1.18. The number of carbonyl (C=O) groups excluding carboxylic acids is 1. The van der Waals surface area contributed by atoms with E-state index in [0.717, 1.165) is 42.7 Å². The number of carbonyl (C=O) groups is 1. The molecule has 0 radical (unpaired) electrons. The number of halogens is 1. The second kappa shape index (κ2) is 9.49. The SMILES string of the molecule is COCCn1ncc2cc(Nc3nc(N[C@@H]4CCCC[C@@H]4N)c(F)cc3C(N)=O)ccc21. The summed E-state index contributed by atoms with van der Waals surface area (Å²) < 4.78 is 21.7. The van der Waals surface area contributed by atoms with Crippen LogP contribution in [0.25, 0.3) is 10.9 Å². The van der Waals surface area contributed by atoms with Crippen LogP contribution in [0.2, 0.25) is 0 Å². The molecule has 1 aliphatic rings. The van der Waals surface area contributed by atoms with E-state index in [-0.39, 0.29) is 29.3 Å². The van der Waals surface area contributed by atoms with Gasteiger partial charge >= 0.3 is 0 Å². The third kappa shape index (κ3) is 4.66. The molecule has 9 nitrogen and oxygen atoms in total. The summed E-state index contributed by atoms with van der Waals surface area (Å²) in [6.45, 7) is 1.19. The number of nitrogens with one attached hydrogen (secondary N) is 2. The molecule has 32 heavy (non-hydrogen) atoms. The largest absolute Gasteiger partial charge is 0.383 e. The second-order valence-corrected chi connectivity index (χ2v) is 8.04. The Morgan fingerprint density at radius 2 is 2.09 bits per heavy atom. The molecule has 4 rings (SSSR count). The van der Waals surface area contributed by atoms with Gasteiger partial charge in [-0.15, -0.1) is 0 Å². The van der Waals surface area contributed by atoms with E-state index in [1.165, 1.54) is 0 Å². The first kappa shape index (κ1) is 22.0. The first-order chi connectivity index (χ1) is 15.5. The van der Waals surface area contributed by atoms with Crippen molar-refractivity contribution in [3.8, 4) is 0 Å². The third-order valence-corrected chi connectivity index (χ3v) is 5.79. The summed E-state index contributed by atoms with van der Waals surface area (Å²) in [5.41, 5.74) is 13.3. The van der Waals surface area contributed by atoms with Crippen molar-refractivity contribution in [3.05, 3.63) is 41.8 Å². The molecule has 1 aromatic carbocycles. The number of nitrogens with zero attached hydrogens (tertiary/aromatic N) is 3. The quantitative estimate of drug-likeness (QED) is 0.422. The Labute approximate surface area is 185 Å².